The quantitative estimate of drug-likeness (QED) is 0.187. The number of esters is 1. The van der Waals surface area contributed by atoms with E-state index in [1.807, 2.05) is 13.0 Å². The first-order valence-corrected chi connectivity index (χ1v) is 11.1. The minimum absolute atomic E-state index is 0.0702. The molecule has 0 aliphatic heterocycles. The molecule has 3 nitrogen and oxygen atoms in total. The minimum Gasteiger partial charge on any atom is -0.539 e. The predicted molar refractivity (Wildman–Crippen MR) is 91.8 cm³/mol. The van der Waals surface area contributed by atoms with Gasteiger partial charge in [0, 0.05) is 0 Å². The largest absolute Gasteiger partial charge is 0.539 e. The van der Waals surface area contributed by atoms with Crippen molar-refractivity contribution in [3.8, 4) is 0 Å². The second kappa shape index (κ2) is 9.29. The monoisotopic (exact) mass is 314 g/mol. The third kappa shape index (κ3) is 7.70. The van der Waals surface area contributed by atoms with Crippen molar-refractivity contribution >= 4 is 14.3 Å². The van der Waals surface area contributed by atoms with Crippen molar-refractivity contribution < 1.29 is 14.0 Å². The summed E-state index contributed by atoms with van der Waals surface area (Å²) in [7, 11) is -2.00. The van der Waals surface area contributed by atoms with Crippen LogP contribution in [-0.4, -0.2) is 20.9 Å². The molecular weight excluding hydrogens is 280 g/mol. The van der Waals surface area contributed by atoms with Crippen LogP contribution in [0.5, 0.6) is 0 Å². The number of unbranched alkanes of at least 4 members (excludes halogenated alkanes) is 4. The average Bonchev–Trinajstić information content (AvgIpc) is 2.35. The molecule has 0 aliphatic rings. The van der Waals surface area contributed by atoms with Gasteiger partial charge in [-0.15, -0.1) is 0 Å². The molecule has 0 saturated heterocycles. The van der Waals surface area contributed by atoms with Gasteiger partial charge in [-0.3, -0.25) is 0 Å². The van der Waals surface area contributed by atoms with E-state index in [4.69, 9.17) is 9.16 Å². The molecule has 4 heteroatoms. The van der Waals surface area contributed by atoms with Gasteiger partial charge >= 0.3 is 5.97 Å². The number of ether oxygens (including phenoxy) is 1. The SMILES string of the molecule is CCCCCC/C=C(\O[Si](C)(C)C(C)(C)C)C(=O)OCC. The molecule has 0 bridgehead atoms. The van der Waals surface area contributed by atoms with E-state index in [0.717, 1.165) is 12.8 Å². The molecule has 0 unspecified atom stereocenters. The molecule has 0 radical (unpaired) electrons. The van der Waals surface area contributed by atoms with Crippen molar-refractivity contribution in [2.75, 3.05) is 6.61 Å². The van der Waals surface area contributed by atoms with Crippen LogP contribution >= 0.6 is 0 Å². The molecule has 0 N–H and O–H groups in total. The lowest BCUT2D eigenvalue weighted by Gasteiger charge is -2.36. The Kier molecular flexibility index (Phi) is 8.94. The maximum absolute atomic E-state index is 12.1. The van der Waals surface area contributed by atoms with Crippen LogP contribution in [0.4, 0.5) is 0 Å². The van der Waals surface area contributed by atoms with Crippen LogP contribution in [0.15, 0.2) is 11.8 Å². The average molecular weight is 315 g/mol. The van der Waals surface area contributed by atoms with Crippen molar-refractivity contribution in [3.05, 3.63) is 11.8 Å². The highest BCUT2D eigenvalue weighted by Gasteiger charge is 2.40. The van der Waals surface area contributed by atoms with Crippen LogP contribution in [0.25, 0.3) is 0 Å². The Hall–Kier alpha value is -0.773. The molecule has 0 aromatic heterocycles. The van der Waals surface area contributed by atoms with Gasteiger partial charge in [0.05, 0.1) is 6.61 Å². The Labute approximate surface area is 132 Å². The van der Waals surface area contributed by atoms with E-state index in [9.17, 15) is 4.79 Å². The molecule has 0 rings (SSSR count). The van der Waals surface area contributed by atoms with Crippen molar-refractivity contribution in [1.82, 2.24) is 0 Å². The topological polar surface area (TPSA) is 35.5 Å². The van der Waals surface area contributed by atoms with Gasteiger partial charge in [-0.25, -0.2) is 4.79 Å². The fourth-order valence-electron chi connectivity index (χ4n) is 1.60. The first kappa shape index (κ1) is 20.2. The first-order chi connectivity index (χ1) is 9.65. The van der Waals surface area contributed by atoms with Gasteiger partial charge < -0.3 is 9.16 Å². The summed E-state index contributed by atoms with van der Waals surface area (Å²) in [5, 5.41) is 0.0702. The summed E-state index contributed by atoms with van der Waals surface area (Å²) in [6, 6.07) is 0. The molecule has 0 aromatic carbocycles. The van der Waals surface area contributed by atoms with Crippen LogP contribution in [-0.2, 0) is 14.0 Å². The summed E-state index contributed by atoms with van der Waals surface area (Å²) in [6.07, 6.45) is 7.55. The predicted octanol–water partition coefficient (Wildman–Crippen LogP) is 5.43. The summed E-state index contributed by atoms with van der Waals surface area (Å²) in [6.45, 7) is 15.2. The highest BCUT2D eigenvalue weighted by molar-refractivity contribution is 6.74. The number of carbonyl (C=O) groups excluding carboxylic acids is 1. The molecule has 0 aromatic rings. The second-order valence-electron chi connectivity index (χ2n) is 7.00. The van der Waals surface area contributed by atoms with Crippen molar-refractivity contribution in [3.63, 3.8) is 0 Å². The molecule has 0 spiro atoms. The Morgan fingerprint density at radius 3 is 2.19 bits per heavy atom. The van der Waals surface area contributed by atoms with E-state index in [-0.39, 0.29) is 11.0 Å². The summed E-state index contributed by atoms with van der Waals surface area (Å²) < 4.78 is 11.3. The van der Waals surface area contributed by atoms with Crippen molar-refractivity contribution in [1.29, 1.82) is 0 Å². The smallest absolute Gasteiger partial charge is 0.371 e. The van der Waals surface area contributed by atoms with Crippen molar-refractivity contribution in [2.24, 2.45) is 0 Å². The zero-order valence-corrected chi connectivity index (χ0v) is 16.0. The lowest BCUT2D eigenvalue weighted by atomic mass is 10.1. The van der Waals surface area contributed by atoms with E-state index in [1.54, 1.807) is 0 Å². The first-order valence-electron chi connectivity index (χ1n) is 8.22. The number of rotatable bonds is 9. The van der Waals surface area contributed by atoms with Gasteiger partial charge in [0.1, 0.15) is 0 Å². The number of hydrogen-bond donors (Lipinski definition) is 0. The van der Waals surface area contributed by atoms with Gasteiger partial charge in [0.15, 0.2) is 5.76 Å². The van der Waals surface area contributed by atoms with Crippen LogP contribution in [0, 0.1) is 0 Å². The minimum atomic E-state index is -2.00. The van der Waals surface area contributed by atoms with E-state index < -0.39 is 8.32 Å². The Balaban J connectivity index is 4.82. The number of carbonyl (C=O) groups is 1. The number of allylic oxidation sites excluding steroid dienone is 1. The summed E-state index contributed by atoms with van der Waals surface area (Å²) in [5.74, 6) is 0.0951. The molecular formula is C17H34O3Si. The second-order valence-corrected chi connectivity index (χ2v) is 11.7. The molecule has 0 saturated carbocycles. The van der Waals surface area contributed by atoms with E-state index in [1.165, 1.54) is 19.3 Å². The highest BCUT2D eigenvalue weighted by atomic mass is 28.4. The van der Waals surface area contributed by atoms with Crippen LogP contribution < -0.4 is 0 Å². The summed E-state index contributed by atoms with van der Waals surface area (Å²) in [5.41, 5.74) is 0. The van der Waals surface area contributed by atoms with Crippen LogP contribution in [0.1, 0.15) is 66.7 Å². The van der Waals surface area contributed by atoms with E-state index >= 15 is 0 Å². The van der Waals surface area contributed by atoms with Crippen molar-refractivity contribution in [2.45, 2.75) is 84.9 Å². The normalized spacial score (nSPS) is 13.2. The van der Waals surface area contributed by atoms with Crippen LogP contribution in [0.2, 0.25) is 18.1 Å². The van der Waals surface area contributed by atoms with E-state index in [2.05, 4.69) is 40.8 Å². The molecule has 0 atom stereocenters. The molecule has 0 fully saturated rings. The maximum Gasteiger partial charge on any atom is 0.371 e. The summed E-state index contributed by atoms with van der Waals surface area (Å²) in [4.78, 5) is 12.1. The fraction of sp³-hybridized carbons (Fsp3) is 0.824. The molecule has 0 aliphatic carbocycles. The van der Waals surface area contributed by atoms with E-state index in [0.29, 0.717) is 12.4 Å². The molecule has 0 amide bonds. The standard InChI is InChI=1S/C17H34O3Si/c1-8-10-11-12-13-14-15(16(18)19-9-2)20-21(6,7)17(3,4)5/h14H,8-13H2,1-7H3/b15-14-. The van der Waals surface area contributed by atoms with Gasteiger partial charge in [0.2, 0.25) is 0 Å². The molecule has 21 heavy (non-hydrogen) atoms. The highest BCUT2D eigenvalue weighted by Crippen LogP contribution is 2.38. The van der Waals surface area contributed by atoms with Gasteiger partial charge in [0.25, 0.3) is 8.32 Å². The van der Waals surface area contributed by atoms with Crippen LogP contribution in [0.3, 0.4) is 0 Å². The summed E-state index contributed by atoms with van der Waals surface area (Å²) >= 11 is 0. The maximum atomic E-state index is 12.1. The number of hydrogen-bond acceptors (Lipinski definition) is 3. The lowest BCUT2D eigenvalue weighted by molar-refractivity contribution is -0.141. The van der Waals surface area contributed by atoms with Gasteiger partial charge in [-0.05, 0) is 44.0 Å². The third-order valence-electron chi connectivity index (χ3n) is 4.04. The fourth-order valence-corrected chi connectivity index (χ4v) is 2.62. The Morgan fingerprint density at radius 2 is 1.71 bits per heavy atom. The molecule has 0 heterocycles. The zero-order chi connectivity index (χ0) is 16.5. The third-order valence-corrected chi connectivity index (χ3v) is 8.38. The van der Waals surface area contributed by atoms with Gasteiger partial charge in [-0.1, -0.05) is 47.0 Å². The Morgan fingerprint density at radius 1 is 1.10 bits per heavy atom. The Bertz CT molecular complexity index is 340. The molecule has 124 valence electrons. The van der Waals surface area contributed by atoms with Gasteiger partial charge in [-0.2, -0.15) is 0 Å². The lowest BCUT2D eigenvalue weighted by Crippen LogP contribution is -2.41. The zero-order valence-electron chi connectivity index (χ0n) is 15.0.